The Balaban J connectivity index is 1.94. The van der Waals surface area contributed by atoms with Gasteiger partial charge < -0.3 is 19.9 Å². The van der Waals surface area contributed by atoms with Crippen LogP contribution in [-0.2, 0) is 0 Å². The fourth-order valence-corrected chi connectivity index (χ4v) is 3.45. The molecule has 1 aromatic heterocycles. The highest BCUT2D eigenvalue weighted by atomic mass is 32.1. The Labute approximate surface area is 124 Å². The summed E-state index contributed by atoms with van der Waals surface area (Å²) in [5.41, 5.74) is 7.20. The molecule has 0 saturated carbocycles. The van der Waals surface area contributed by atoms with Crippen LogP contribution in [0.3, 0.4) is 0 Å². The van der Waals surface area contributed by atoms with Crippen molar-refractivity contribution >= 4 is 11.3 Å². The van der Waals surface area contributed by atoms with E-state index in [4.69, 9.17) is 19.9 Å². The van der Waals surface area contributed by atoms with Crippen LogP contribution >= 0.6 is 11.3 Å². The molecule has 0 bridgehead atoms. The molecular weight excluding hydrogens is 288 g/mol. The van der Waals surface area contributed by atoms with Gasteiger partial charge in [-0.1, -0.05) is 6.07 Å². The Morgan fingerprint density at radius 2 is 2.05 bits per heavy atom. The van der Waals surface area contributed by atoms with Gasteiger partial charge in [0, 0.05) is 16.5 Å². The zero-order valence-corrected chi connectivity index (χ0v) is 11.6. The van der Waals surface area contributed by atoms with E-state index in [1.807, 2.05) is 23.6 Å². The topological polar surface area (TPSA) is 77.5 Å². The highest BCUT2D eigenvalue weighted by molar-refractivity contribution is 7.10. The van der Waals surface area contributed by atoms with Gasteiger partial charge in [0.25, 0.3) is 0 Å². The van der Waals surface area contributed by atoms with Crippen LogP contribution in [0.15, 0.2) is 41.1 Å². The third-order valence-electron chi connectivity index (χ3n) is 3.54. The molecule has 6 heteroatoms. The van der Waals surface area contributed by atoms with Gasteiger partial charge in [0.15, 0.2) is 11.5 Å². The lowest BCUT2D eigenvalue weighted by Gasteiger charge is -2.25. The summed E-state index contributed by atoms with van der Waals surface area (Å²) < 4.78 is 16.4. The summed E-state index contributed by atoms with van der Waals surface area (Å²) in [6.07, 6.45) is 0. The maximum atomic E-state index is 9.43. The van der Waals surface area contributed by atoms with Crippen LogP contribution in [0.5, 0.6) is 17.2 Å². The average Bonchev–Trinajstić information content (AvgIpc) is 3.14. The number of nitriles is 1. The number of thiophene rings is 1. The molecule has 0 fully saturated rings. The molecule has 5 nitrogen and oxygen atoms in total. The summed E-state index contributed by atoms with van der Waals surface area (Å²) in [6, 6.07) is 9.73. The lowest BCUT2D eigenvalue weighted by atomic mass is 9.88. The number of allylic oxidation sites excluding steroid dienone is 1. The standard InChI is InChI=1S/C15H10N2O3S/c16-6-9-14(13-2-1-3-21-13)8-4-11-12(19-7-18-11)5-10(8)20-15(9)17/h1-5,14H,7,17H2/t14-/m0/s1. The molecule has 2 N–H and O–H groups in total. The Morgan fingerprint density at radius 1 is 1.24 bits per heavy atom. The summed E-state index contributed by atoms with van der Waals surface area (Å²) in [4.78, 5) is 1.04. The van der Waals surface area contributed by atoms with E-state index in [-0.39, 0.29) is 18.6 Å². The number of nitrogens with two attached hydrogens (primary N) is 1. The lowest BCUT2D eigenvalue weighted by molar-refractivity contribution is 0.174. The first-order valence-electron chi connectivity index (χ1n) is 6.32. The van der Waals surface area contributed by atoms with Crippen molar-refractivity contribution in [3.63, 3.8) is 0 Å². The van der Waals surface area contributed by atoms with Gasteiger partial charge in [0.05, 0.1) is 5.92 Å². The van der Waals surface area contributed by atoms with E-state index in [0.29, 0.717) is 22.8 Å². The normalized spacial score (nSPS) is 18.9. The Hall–Kier alpha value is -2.65. The molecule has 0 spiro atoms. The van der Waals surface area contributed by atoms with Gasteiger partial charge in [-0.25, -0.2) is 0 Å². The van der Waals surface area contributed by atoms with Crippen LogP contribution < -0.4 is 19.9 Å². The monoisotopic (exact) mass is 298 g/mol. The Morgan fingerprint density at radius 3 is 2.76 bits per heavy atom. The van der Waals surface area contributed by atoms with Crippen LogP contribution in [0, 0.1) is 11.3 Å². The second-order valence-electron chi connectivity index (χ2n) is 4.68. The molecule has 0 aliphatic carbocycles. The van der Waals surface area contributed by atoms with E-state index in [9.17, 15) is 5.26 Å². The summed E-state index contributed by atoms with van der Waals surface area (Å²) in [6.45, 7) is 0.190. The average molecular weight is 298 g/mol. The highest BCUT2D eigenvalue weighted by Gasteiger charge is 2.33. The predicted octanol–water partition coefficient (Wildman–Crippen LogP) is 2.69. The lowest BCUT2D eigenvalue weighted by Crippen LogP contribution is -2.20. The smallest absolute Gasteiger partial charge is 0.231 e. The van der Waals surface area contributed by atoms with Crippen molar-refractivity contribution in [1.82, 2.24) is 0 Å². The predicted molar refractivity (Wildman–Crippen MR) is 76.2 cm³/mol. The van der Waals surface area contributed by atoms with E-state index in [1.54, 1.807) is 17.4 Å². The molecule has 2 aliphatic heterocycles. The number of hydrogen-bond donors (Lipinski definition) is 1. The van der Waals surface area contributed by atoms with E-state index in [0.717, 1.165) is 10.4 Å². The molecule has 0 saturated heterocycles. The molecule has 2 aliphatic rings. The molecule has 4 rings (SSSR count). The van der Waals surface area contributed by atoms with Gasteiger partial charge in [-0.2, -0.15) is 5.26 Å². The van der Waals surface area contributed by atoms with Gasteiger partial charge in [-0.05, 0) is 17.5 Å². The summed E-state index contributed by atoms with van der Waals surface area (Å²) in [5, 5.41) is 11.4. The SMILES string of the molecule is N#CC1=C(N)Oc2cc3c(cc2[C@@H]1c1cccs1)OCO3. The minimum atomic E-state index is -0.228. The Kier molecular flexibility index (Phi) is 2.56. The zero-order valence-electron chi connectivity index (χ0n) is 10.8. The van der Waals surface area contributed by atoms with E-state index >= 15 is 0 Å². The largest absolute Gasteiger partial charge is 0.454 e. The fraction of sp³-hybridized carbons (Fsp3) is 0.133. The molecule has 1 aromatic carbocycles. The second-order valence-corrected chi connectivity index (χ2v) is 5.66. The Bertz CT molecular complexity index is 790. The molecule has 104 valence electrons. The van der Waals surface area contributed by atoms with Gasteiger partial charge >= 0.3 is 0 Å². The van der Waals surface area contributed by atoms with Crippen molar-refractivity contribution in [2.45, 2.75) is 5.92 Å². The van der Waals surface area contributed by atoms with E-state index in [1.165, 1.54) is 0 Å². The molecule has 0 unspecified atom stereocenters. The molecule has 21 heavy (non-hydrogen) atoms. The number of nitrogens with zero attached hydrogens (tertiary/aromatic N) is 1. The minimum absolute atomic E-state index is 0.141. The summed E-state index contributed by atoms with van der Waals surface area (Å²) in [5.74, 6) is 1.81. The van der Waals surface area contributed by atoms with Crippen LogP contribution in [0.25, 0.3) is 0 Å². The second kappa shape index (κ2) is 4.43. The zero-order chi connectivity index (χ0) is 14.4. The first-order chi connectivity index (χ1) is 10.3. The minimum Gasteiger partial charge on any atom is -0.454 e. The first kappa shape index (κ1) is 12.1. The van der Waals surface area contributed by atoms with Crippen LogP contribution in [0.4, 0.5) is 0 Å². The molecule has 0 radical (unpaired) electrons. The summed E-state index contributed by atoms with van der Waals surface area (Å²) >= 11 is 1.58. The molecule has 0 amide bonds. The maximum Gasteiger partial charge on any atom is 0.231 e. The molecular formula is C15H10N2O3S. The number of fused-ring (bicyclic) bond motifs is 2. The number of hydrogen-bond acceptors (Lipinski definition) is 6. The van der Waals surface area contributed by atoms with E-state index < -0.39 is 0 Å². The van der Waals surface area contributed by atoms with Crippen molar-refractivity contribution in [2.75, 3.05) is 6.79 Å². The fourth-order valence-electron chi connectivity index (χ4n) is 2.59. The number of ether oxygens (including phenoxy) is 3. The first-order valence-corrected chi connectivity index (χ1v) is 7.20. The third kappa shape index (κ3) is 1.75. The number of rotatable bonds is 1. The maximum absolute atomic E-state index is 9.43. The summed E-state index contributed by atoms with van der Waals surface area (Å²) in [7, 11) is 0. The van der Waals surface area contributed by atoms with Crippen molar-refractivity contribution < 1.29 is 14.2 Å². The molecule has 2 aromatic rings. The van der Waals surface area contributed by atoms with Gasteiger partial charge in [-0.15, -0.1) is 11.3 Å². The van der Waals surface area contributed by atoms with Crippen molar-refractivity contribution in [3.05, 3.63) is 51.5 Å². The van der Waals surface area contributed by atoms with Crippen molar-refractivity contribution in [1.29, 1.82) is 5.26 Å². The third-order valence-corrected chi connectivity index (χ3v) is 4.48. The van der Waals surface area contributed by atoms with Crippen molar-refractivity contribution in [2.24, 2.45) is 5.73 Å². The molecule has 1 atom stereocenters. The van der Waals surface area contributed by atoms with Gasteiger partial charge in [0.1, 0.15) is 17.4 Å². The highest BCUT2D eigenvalue weighted by Crippen LogP contribution is 2.48. The van der Waals surface area contributed by atoms with Gasteiger partial charge in [0.2, 0.25) is 12.7 Å². The van der Waals surface area contributed by atoms with Crippen LogP contribution in [0.1, 0.15) is 16.4 Å². The number of benzene rings is 1. The quantitative estimate of drug-likeness (QED) is 0.875. The van der Waals surface area contributed by atoms with Gasteiger partial charge in [-0.3, -0.25) is 0 Å². The van der Waals surface area contributed by atoms with Crippen molar-refractivity contribution in [3.8, 4) is 23.3 Å². The molecule has 3 heterocycles. The van der Waals surface area contributed by atoms with E-state index in [2.05, 4.69) is 6.07 Å². The van der Waals surface area contributed by atoms with Crippen LogP contribution in [-0.4, -0.2) is 6.79 Å². The van der Waals surface area contributed by atoms with Crippen LogP contribution in [0.2, 0.25) is 0 Å².